The highest BCUT2D eigenvalue weighted by atomic mass is 32.1. The maximum absolute atomic E-state index is 12.5. The van der Waals surface area contributed by atoms with E-state index in [2.05, 4.69) is 12.2 Å². The van der Waals surface area contributed by atoms with E-state index in [0.29, 0.717) is 21.9 Å². The van der Waals surface area contributed by atoms with Gasteiger partial charge >= 0.3 is 11.9 Å². The van der Waals surface area contributed by atoms with Crippen LogP contribution in [0.4, 0.5) is 5.00 Å². The fourth-order valence-electron chi connectivity index (χ4n) is 2.31. The molecule has 0 unspecified atom stereocenters. The first kappa shape index (κ1) is 22.2. The number of carbonyl (C=O) groups excluding carboxylic acids is 3. The third-order valence-electron chi connectivity index (χ3n) is 3.48. The molecule has 0 saturated heterocycles. The molecule has 26 heavy (non-hydrogen) atoms. The first-order valence-corrected chi connectivity index (χ1v) is 9.84. The molecule has 0 radical (unpaired) electrons. The van der Waals surface area contributed by atoms with Gasteiger partial charge in [0, 0.05) is 6.42 Å². The number of unbranched alkanes of at least 4 members (excludes halogenated alkanes) is 2. The van der Waals surface area contributed by atoms with Crippen LogP contribution in [-0.2, 0) is 14.3 Å². The summed E-state index contributed by atoms with van der Waals surface area (Å²) in [4.78, 5) is 37.3. The predicted octanol–water partition coefficient (Wildman–Crippen LogP) is 4.71. The Morgan fingerprint density at radius 1 is 1.00 bits per heavy atom. The summed E-state index contributed by atoms with van der Waals surface area (Å²) >= 11 is 1.05. The van der Waals surface area contributed by atoms with E-state index >= 15 is 0 Å². The molecular formula is C19H29NO5S. The number of esters is 2. The molecule has 0 bridgehead atoms. The second-order valence-electron chi connectivity index (χ2n) is 6.67. The minimum absolute atomic E-state index is 0.179. The Hall–Kier alpha value is -1.89. The van der Waals surface area contributed by atoms with Gasteiger partial charge in [-0.2, -0.15) is 0 Å². The smallest absolute Gasteiger partial charge is 0.348 e. The van der Waals surface area contributed by atoms with Crippen molar-refractivity contribution >= 4 is 34.2 Å². The molecule has 7 heteroatoms. The number of thiophene rings is 1. The number of carbonyl (C=O) groups is 3. The Morgan fingerprint density at radius 2 is 1.58 bits per heavy atom. The summed E-state index contributed by atoms with van der Waals surface area (Å²) in [6, 6.07) is 0. The van der Waals surface area contributed by atoms with Gasteiger partial charge in [0.15, 0.2) is 0 Å². The third kappa shape index (κ3) is 6.44. The van der Waals surface area contributed by atoms with Crippen molar-refractivity contribution in [1.29, 1.82) is 0 Å². The quantitative estimate of drug-likeness (QED) is 0.493. The Balaban J connectivity index is 3.13. The Kier molecular flexibility index (Phi) is 8.78. The largest absolute Gasteiger partial charge is 0.459 e. The molecule has 1 N–H and O–H groups in total. The van der Waals surface area contributed by atoms with Crippen molar-refractivity contribution in [1.82, 2.24) is 0 Å². The fraction of sp³-hybridized carbons (Fsp3) is 0.632. The molecule has 0 aliphatic carbocycles. The van der Waals surface area contributed by atoms with E-state index in [4.69, 9.17) is 9.47 Å². The van der Waals surface area contributed by atoms with E-state index in [1.807, 2.05) is 0 Å². The number of hydrogen-bond acceptors (Lipinski definition) is 6. The number of nitrogens with one attached hydrogen (secondary N) is 1. The van der Waals surface area contributed by atoms with Crippen molar-refractivity contribution in [2.45, 2.75) is 79.4 Å². The van der Waals surface area contributed by atoms with Gasteiger partial charge in [-0.3, -0.25) is 4.79 Å². The molecule has 1 amide bonds. The fourth-order valence-corrected chi connectivity index (χ4v) is 3.40. The number of anilines is 1. The average Bonchev–Trinajstić information content (AvgIpc) is 2.82. The maximum atomic E-state index is 12.5. The lowest BCUT2D eigenvalue weighted by atomic mass is 10.1. The van der Waals surface area contributed by atoms with Crippen molar-refractivity contribution in [3.8, 4) is 0 Å². The number of amides is 1. The monoisotopic (exact) mass is 383 g/mol. The highest BCUT2D eigenvalue weighted by Crippen LogP contribution is 2.35. The lowest BCUT2D eigenvalue weighted by Crippen LogP contribution is -2.17. The topological polar surface area (TPSA) is 81.7 Å². The van der Waals surface area contributed by atoms with Gasteiger partial charge in [0.1, 0.15) is 9.88 Å². The molecule has 0 aliphatic heterocycles. The summed E-state index contributed by atoms with van der Waals surface area (Å²) in [6.45, 7) is 10.7. The molecule has 0 fully saturated rings. The number of hydrogen-bond donors (Lipinski definition) is 1. The molecule has 1 heterocycles. The second kappa shape index (κ2) is 10.3. The van der Waals surface area contributed by atoms with E-state index in [1.54, 1.807) is 34.6 Å². The van der Waals surface area contributed by atoms with Gasteiger partial charge in [-0.05, 0) is 46.6 Å². The maximum Gasteiger partial charge on any atom is 0.348 e. The van der Waals surface area contributed by atoms with Crippen LogP contribution in [0.1, 0.15) is 85.9 Å². The molecule has 6 nitrogen and oxygen atoms in total. The first-order valence-electron chi connectivity index (χ1n) is 9.02. The Morgan fingerprint density at radius 3 is 2.12 bits per heavy atom. The van der Waals surface area contributed by atoms with Crippen LogP contribution in [0.15, 0.2) is 0 Å². The van der Waals surface area contributed by atoms with Gasteiger partial charge in [-0.15, -0.1) is 11.3 Å². The standard InChI is InChI=1S/C19H29NO5S/c1-7-8-9-10-14(21)20-17-15(18(22)24-11(2)3)13(6)16(26-17)19(23)25-12(4)5/h11-12H,7-10H2,1-6H3,(H,20,21). The predicted molar refractivity (Wildman–Crippen MR) is 103 cm³/mol. The van der Waals surface area contributed by atoms with Crippen LogP contribution >= 0.6 is 11.3 Å². The summed E-state index contributed by atoms with van der Waals surface area (Å²) in [7, 11) is 0. The van der Waals surface area contributed by atoms with Crippen LogP contribution in [-0.4, -0.2) is 30.1 Å². The molecule has 146 valence electrons. The zero-order chi connectivity index (χ0) is 19.9. The number of ether oxygens (including phenoxy) is 2. The number of rotatable bonds is 9. The first-order chi connectivity index (χ1) is 12.2. The molecule has 0 aliphatic rings. The molecule has 0 aromatic carbocycles. The summed E-state index contributed by atoms with van der Waals surface area (Å²) < 4.78 is 10.5. The highest BCUT2D eigenvalue weighted by Gasteiger charge is 2.28. The van der Waals surface area contributed by atoms with Crippen LogP contribution in [0.5, 0.6) is 0 Å². The van der Waals surface area contributed by atoms with Crippen LogP contribution in [0.3, 0.4) is 0 Å². The molecular weight excluding hydrogens is 354 g/mol. The molecule has 1 aromatic heterocycles. The zero-order valence-corrected chi connectivity index (χ0v) is 17.2. The summed E-state index contributed by atoms with van der Waals surface area (Å²) in [6.07, 6.45) is 2.55. The van der Waals surface area contributed by atoms with E-state index < -0.39 is 11.9 Å². The van der Waals surface area contributed by atoms with Gasteiger partial charge in [-0.25, -0.2) is 9.59 Å². The molecule has 0 atom stereocenters. The van der Waals surface area contributed by atoms with Crippen molar-refractivity contribution < 1.29 is 23.9 Å². The highest BCUT2D eigenvalue weighted by molar-refractivity contribution is 7.18. The summed E-state index contributed by atoms with van der Waals surface area (Å²) in [5.74, 6) is -1.24. The molecule has 1 rings (SSSR count). The van der Waals surface area contributed by atoms with Crippen LogP contribution < -0.4 is 5.32 Å². The molecule has 0 saturated carbocycles. The molecule has 1 aromatic rings. The normalized spacial score (nSPS) is 10.9. The zero-order valence-electron chi connectivity index (χ0n) is 16.4. The lowest BCUT2D eigenvalue weighted by molar-refractivity contribution is -0.116. The van der Waals surface area contributed by atoms with Gasteiger partial charge in [0.05, 0.1) is 17.8 Å². The van der Waals surface area contributed by atoms with Gasteiger partial charge < -0.3 is 14.8 Å². The van der Waals surface area contributed by atoms with Crippen LogP contribution in [0.2, 0.25) is 0 Å². The van der Waals surface area contributed by atoms with Gasteiger partial charge in [0.25, 0.3) is 0 Å². The Labute approximate surface area is 159 Å². The van der Waals surface area contributed by atoms with Gasteiger partial charge in [-0.1, -0.05) is 19.8 Å². The van der Waals surface area contributed by atoms with Crippen LogP contribution in [0.25, 0.3) is 0 Å². The van der Waals surface area contributed by atoms with E-state index in [-0.39, 0.29) is 23.7 Å². The Bertz CT molecular complexity index is 649. The lowest BCUT2D eigenvalue weighted by Gasteiger charge is -2.10. The minimum atomic E-state index is -0.554. The third-order valence-corrected chi connectivity index (χ3v) is 4.67. The summed E-state index contributed by atoms with van der Waals surface area (Å²) in [5, 5.41) is 3.10. The SMILES string of the molecule is CCCCCC(=O)Nc1sc(C(=O)OC(C)C)c(C)c1C(=O)OC(C)C. The van der Waals surface area contributed by atoms with E-state index in [0.717, 1.165) is 30.6 Å². The van der Waals surface area contributed by atoms with Crippen molar-refractivity contribution in [3.63, 3.8) is 0 Å². The van der Waals surface area contributed by atoms with Crippen LogP contribution in [0, 0.1) is 6.92 Å². The van der Waals surface area contributed by atoms with Crippen molar-refractivity contribution in [2.75, 3.05) is 5.32 Å². The average molecular weight is 384 g/mol. The van der Waals surface area contributed by atoms with E-state index in [9.17, 15) is 14.4 Å². The van der Waals surface area contributed by atoms with Crippen molar-refractivity contribution in [3.05, 3.63) is 16.0 Å². The minimum Gasteiger partial charge on any atom is -0.459 e. The molecule has 0 spiro atoms. The second-order valence-corrected chi connectivity index (χ2v) is 7.69. The summed E-state index contributed by atoms with van der Waals surface area (Å²) in [5.41, 5.74) is 0.693. The van der Waals surface area contributed by atoms with Crippen molar-refractivity contribution in [2.24, 2.45) is 0 Å². The van der Waals surface area contributed by atoms with Gasteiger partial charge in [0.2, 0.25) is 5.91 Å². The van der Waals surface area contributed by atoms with E-state index in [1.165, 1.54) is 0 Å².